The number of rotatable bonds is 7. The van der Waals surface area contributed by atoms with Gasteiger partial charge in [0.15, 0.2) is 5.82 Å². The fraction of sp³-hybridized carbons (Fsp3) is 0.457. The summed E-state index contributed by atoms with van der Waals surface area (Å²) in [6, 6.07) is 12.5. The van der Waals surface area contributed by atoms with Crippen molar-refractivity contribution in [1.29, 1.82) is 0 Å². The summed E-state index contributed by atoms with van der Waals surface area (Å²) in [4.78, 5) is 34.6. The minimum atomic E-state index is -0.291. The number of carbonyl (C=O) groups is 2. The summed E-state index contributed by atoms with van der Waals surface area (Å²) >= 11 is 0. The first kappa shape index (κ1) is 29.4. The molecule has 0 spiro atoms. The quantitative estimate of drug-likeness (QED) is 0.305. The van der Waals surface area contributed by atoms with Crippen LogP contribution in [-0.2, 0) is 18.3 Å². The van der Waals surface area contributed by atoms with Gasteiger partial charge in [-0.15, -0.1) is 0 Å². The van der Waals surface area contributed by atoms with E-state index in [0.717, 1.165) is 60.3 Å². The van der Waals surface area contributed by atoms with E-state index in [0.29, 0.717) is 49.3 Å². The summed E-state index contributed by atoms with van der Waals surface area (Å²) in [5.74, 6) is 2.45. The molecule has 1 saturated heterocycles. The first-order valence-electron chi connectivity index (χ1n) is 16.1. The van der Waals surface area contributed by atoms with Crippen molar-refractivity contribution in [1.82, 2.24) is 23.9 Å². The predicted molar refractivity (Wildman–Crippen MR) is 175 cm³/mol. The molecule has 1 atom stereocenters. The minimum absolute atomic E-state index is 0.000404. The molecule has 2 aliphatic heterocycles. The van der Waals surface area contributed by atoms with E-state index in [9.17, 15) is 9.59 Å². The number of benzene rings is 2. The number of nitrogens with zero attached hydrogens (tertiary/aromatic N) is 5. The van der Waals surface area contributed by atoms with E-state index >= 15 is 0 Å². The normalized spacial score (nSPS) is 18.8. The number of methoxy groups -OCH3 is 2. The van der Waals surface area contributed by atoms with Crippen LogP contribution in [0.4, 0.5) is 4.79 Å². The number of amides is 2. The Bertz CT molecular complexity index is 1820. The highest BCUT2D eigenvalue weighted by atomic mass is 16.5. The number of piperidine rings is 1. The first-order chi connectivity index (χ1) is 21.9. The van der Waals surface area contributed by atoms with E-state index in [4.69, 9.17) is 20.2 Å². The highest BCUT2D eigenvalue weighted by Crippen LogP contribution is 2.40. The van der Waals surface area contributed by atoms with Gasteiger partial charge in [-0.05, 0) is 74.3 Å². The number of carbonyl (C=O) groups excluding carboxylic acids is 2. The van der Waals surface area contributed by atoms with E-state index in [1.165, 1.54) is 36.6 Å². The van der Waals surface area contributed by atoms with Gasteiger partial charge in [0, 0.05) is 56.3 Å². The number of imidazole rings is 1. The molecule has 10 heteroatoms. The monoisotopic (exact) mass is 610 g/mol. The maximum atomic E-state index is 13.7. The van der Waals surface area contributed by atoms with Gasteiger partial charge >= 0.3 is 6.09 Å². The third kappa shape index (κ3) is 5.35. The molecular weight excluding hydrogens is 568 g/mol. The van der Waals surface area contributed by atoms with Crippen molar-refractivity contribution in [2.75, 3.05) is 46.9 Å². The van der Waals surface area contributed by atoms with Gasteiger partial charge in [0.05, 0.1) is 30.9 Å². The Morgan fingerprint density at radius 2 is 1.87 bits per heavy atom. The molecule has 2 aromatic carbocycles. The second-order valence-electron chi connectivity index (χ2n) is 12.8. The molecule has 2 fully saturated rings. The molecule has 45 heavy (non-hydrogen) atoms. The Balaban J connectivity index is 1.32. The Morgan fingerprint density at radius 3 is 2.58 bits per heavy atom. The van der Waals surface area contributed by atoms with Gasteiger partial charge in [-0.1, -0.05) is 24.3 Å². The van der Waals surface area contributed by atoms with Crippen LogP contribution >= 0.6 is 0 Å². The Morgan fingerprint density at radius 1 is 1.02 bits per heavy atom. The van der Waals surface area contributed by atoms with Crippen LogP contribution in [0, 0.1) is 11.8 Å². The van der Waals surface area contributed by atoms with Crippen LogP contribution in [0.3, 0.4) is 0 Å². The summed E-state index contributed by atoms with van der Waals surface area (Å²) in [5, 5.41) is 1.16. The van der Waals surface area contributed by atoms with Crippen LogP contribution in [0.2, 0.25) is 0 Å². The highest BCUT2D eigenvalue weighted by Gasteiger charge is 2.29. The lowest BCUT2D eigenvalue weighted by Crippen LogP contribution is -2.42. The topological polar surface area (TPSA) is 108 Å². The molecule has 2 N–H and O–H groups in total. The van der Waals surface area contributed by atoms with Crippen molar-refractivity contribution >= 4 is 39.5 Å². The molecule has 4 heterocycles. The predicted octanol–water partition coefficient (Wildman–Crippen LogP) is 5.28. The van der Waals surface area contributed by atoms with Crippen molar-refractivity contribution < 1.29 is 19.1 Å². The van der Waals surface area contributed by atoms with Gasteiger partial charge in [0.25, 0.3) is 5.91 Å². The zero-order valence-electron chi connectivity index (χ0n) is 26.4. The van der Waals surface area contributed by atoms with E-state index in [2.05, 4.69) is 39.5 Å². The van der Waals surface area contributed by atoms with Crippen LogP contribution in [-0.4, -0.2) is 82.9 Å². The molecular formula is C35H42N6O4. The number of likely N-dealkylation sites (tertiary alicyclic amines) is 1. The number of aromatic nitrogens is 3. The molecule has 0 bridgehead atoms. The molecule has 4 aromatic rings. The van der Waals surface area contributed by atoms with Crippen LogP contribution < -0.4 is 10.5 Å². The smallest absolute Gasteiger partial charge is 0.409 e. The average molecular weight is 611 g/mol. The maximum absolute atomic E-state index is 13.7. The molecule has 3 aliphatic rings. The third-order valence-electron chi connectivity index (χ3n) is 9.82. The standard InChI is InChI=1S/C35H42N6O4/c1-38-32-28(16-26(18-30(32)44-2)34(42)40-13-5-6-23(19-36)20-40)37-33(38)29-17-25-7-4-8-27(31(25)41(29)21-22-9-10-22)24-11-14-39(15-12-24)35(43)45-3/h4,7-8,11,16-18,22-23H,5-6,9-10,12-15,19-21,36H2,1-3H3/t23-/m0/s1. The van der Waals surface area contributed by atoms with Crippen LogP contribution in [0.15, 0.2) is 42.5 Å². The largest absolute Gasteiger partial charge is 0.494 e. The lowest BCUT2D eigenvalue weighted by Gasteiger charge is -2.32. The van der Waals surface area contributed by atoms with Crippen molar-refractivity contribution in [3.8, 4) is 17.3 Å². The fourth-order valence-corrected chi connectivity index (χ4v) is 7.17. The van der Waals surface area contributed by atoms with Gasteiger partial charge in [0.1, 0.15) is 11.3 Å². The lowest BCUT2D eigenvalue weighted by molar-refractivity contribution is 0.0678. The second kappa shape index (κ2) is 11.9. The van der Waals surface area contributed by atoms with Crippen molar-refractivity contribution in [2.24, 2.45) is 24.6 Å². The van der Waals surface area contributed by atoms with Crippen LogP contribution in [0.1, 0.15) is 48.0 Å². The number of hydrogen-bond acceptors (Lipinski definition) is 6. The number of ether oxygens (including phenoxy) is 2. The van der Waals surface area contributed by atoms with Crippen molar-refractivity contribution in [2.45, 2.75) is 38.6 Å². The summed E-state index contributed by atoms with van der Waals surface area (Å²) in [6.45, 7) is 4.09. The van der Waals surface area contributed by atoms with Gasteiger partial charge in [0.2, 0.25) is 0 Å². The molecule has 236 valence electrons. The summed E-state index contributed by atoms with van der Waals surface area (Å²) in [5.41, 5.74) is 12.8. The number of hydrogen-bond donors (Lipinski definition) is 1. The fourth-order valence-electron chi connectivity index (χ4n) is 7.17. The van der Waals surface area contributed by atoms with Gasteiger partial charge in [-0.2, -0.15) is 0 Å². The average Bonchev–Trinajstić information content (AvgIpc) is 3.75. The SMILES string of the molecule is COC(=O)N1CC=C(c2cccc3cc(-c4nc5cc(C(=O)N6CCC[C@@H](CN)C6)cc(OC)c5n4C)n(CC4CC4)c23)CC1. The van der Waals surface area contributed by atoms with Crippen LogP contribution in [0.5, 0.6) is 5.75 Å². The molecule has 7 rings (SSSR count). The molecule has 0 unspecified atom stereocenters. The van der Waals surface area contributed by atoms with E-state index in [1.807, 2.05) is 24.1 Å². The van der Waals surface area contributed by atoms with Gasteiger partial charge < -0.3 is 34.1 Å². The van der Waals surface area contributed by atoms with E-state index < -0.39 is 0 Å². The number of para-hydroxylation sites is 1. The molecule has 2 aromatic heterocycles. The number of nitrogens with two attached hydrogens (primary N) is 1. The highest BCUT2D eigenvalue weighted by molar-refractivity contribution is 6.01. The molecule has 1 saturated carbocycles. The summed E-state index contributed by atoms with van der Waals surface area (Å²) in [6.07, 6.45) is 7.10. The number of aryl methyl sites for hydroxylation is 1. The summed E-state index contributed by atoms with van der Waals surface area (Å²) < 4.78 is 15.4. The Kier molecular flexibility index (Phi) is 7.77. The molecule has 10 nitrogen and oxygen atoms in total. The second-order valence-corrected chi connectivity index (χ2v) is 12.8. The summed E-state index contributed by atoms with van der Waals surface area (Å²) in [7, 11) is 5.10. The van der Waals surface area contributed by atoms with Crippen molar-refractivity contribution in [3.05, 3.63) is 53.6 Å². The third-order valence-corrected chi connectivity index (χ3v) is 9.82. The van der Waals surface area contributed by atoms with E-state index in [-0.39, 0.29) is 12.0 Å². The Labute approximate surface area is 263 Å². The van der Waals surface area contributed by atoms with Gasteiger partial charge in [-0.25, -0.2) is 9.78 Å². The zero-order chi connectivity index (χ0) is 31.2. The molecule has 2 amide bonds. The van der Waals surface area contributed by atoms with Crippen LogP contribution in [0.25, 0.3) is 39.0 Å². The number of fused-ring (bicyclic) bond motifs is 2. The van der Waals surface area contributed by atoms with Crippen molar-refractivity contribution in [3.63, 3.8) is 0 Å². The molecule has 0 radical (unpaired) electrons. The first-order valence-corrected chi connectivity index (χ1v) is 16.1. The Hall–Kier alpha value is -4.31. The lowest BCUT2D eigenvalue weighted by atomic mass is 9.97. The minimum Gasteiger partial charge on any atom is -0.494 e. The maximum Gasteiger partial charge on any atom is 0.409 e. The zero-order valence-corrected chi connectivity index (χ0v) is 26.4. The van der Waals surface area contributed by atoms with E-state index in [1.54, 1.807) is 12.0 Å². The van der Waals surface area contributed by atoms with Gasteiger partial charge in [-0.3, -0.25) is 4.79 Å². The molecule has 1 aliphatic carbocycles.